The molecule has 0 aliphatic carbocycles. The standard InChI is InChI=1S/C19H21N5O3/c1-2-12-25-18-21-17(24-20)22-19(23-18)27-16-10-8-15(9-11-16)26-13-14-6-4-3-5-7-14/h3-11H,2,12-13,20H2,1H3,(H,21,22,23,24). The van der Waals surface area contributed by atoms with Crippen molar-refractivity contribution in [3.8, 4) is 23.5 Å². The van der Waals surface area contributed by atoms with Gasteiger partial charge in [0.25, 0.3) is 0 Å². The maximum Gasteiger partial charge on any atom is 0.330 e. The molecule has 3 N–H and O–H groups in total. The Kier molecular flexibility index (Phi) is 6.37. The maximum atomic E-state index is 5.75. The van der Waals surface area contributed by atoms with E-state index >= 15 is 0 Å². The van der Waals surface area contributed by atoms with Gasteiger partial charge in [-0.3, -0.25) is 5.43 Å². The van der Waals surface area contributed by atoms with Crippen LogP contribution in [0.15, 0.2) is 54.6 Å². The number of ether oxygens (including phenoxy) is 3. The highest BCUT2D eigenvalue weighted by Crippen LogP contribution is 2.23. The van der Waals surface area contributed by atoms with Crippen molar-refractivity contribution in [2.24, 2.45) is 5.84 Å². The third-order valence-corrected chi connectivity index (χ3v) is 3.44. The van der Waals surface area contributed by atoms with Gasteiger partial charge in [0.15, 0.2) is 0 Å². The first-order valence-electron chi connectivity index (χ1n) is 8.57. The van der Waals surface area contributed by atoms with Crippen molar-refractivity contribution in [2.75, 3.05) is 12.0 Å². The van der Waals surface area contributed by atoms with Crippen molar-refractivity contribution in [1.82, 2.24) is 15.0 Å². The number of nitrogen functional groups attached to an aromatic ring is 1. The van der Waals surface area contributed by atoms with Crippen LogP contribution in [0.1, 0.15) is 18.9 Å². The molecule has 0 fully saturated rings. The van der Waals surface area contributed by atoms with Gasteiger partial charge in [0, 0.05) is 0 Å². The number of nitrogens with zero attached hydrogens (tertiary/aromatic N) is 3. The molecule has 140 valence electrons. The van der Waals surface area contributed by atoms with E-state index in [-0.39, 0.29) is 18.0 Å². The topological polar surface area (TPSA) is 104 Å². The van der Waals surface area contributed by atoms with E-state index in [1.54, 1.807) is 12.1 Å². The van der Waals surface area contributed by atoms with Gasteiger partial charge < -0.3 is 14.2 Å². The molecule has 0 saturated heterocycles. The highest BCUT2D eigenvalue weighted by molar-refractivity contribution is 5.34. The second kappa shape index (κ2) is 9.35. The molecule has 1 aromatic heterocycles. The molecular weight excluding hydrogens is 346 g/mol. The normalized spacial score (nSPS) is 10.3. The molecule has 0 amide bonds. The zero-order valence-corrected chi connectivity index (χ0v) is 15.0. The average Bonchev–Trinajstić information content (AvgIpc) is 2.72. The largest absolute Gasteiger partial charge is 0.489 e. The summed E-state index contributed by atoms with van der Waals surface area (Å²) in [6, 6.07) is 17.4. The number of hydrogen-bond donors (Lipinski definition) is 2. The Bertz CT molecular complexity index is 844. The second-order valence-corrected chi connectivity index (χ2v) is 5.56. The first-order chi connectivity index (χ1) is 13.3. The average molecular weight is 367 g/mol. The lowest BCUT2D eigenvalue weighted by Gasteiger charge is -2.09. The molecule has 3 rings (SSSR count). The number of benzene rings is 2. The van der Waals surface area contributed by atoms with Crippen LogP contribution in [-0.2, 0) is 6.61 Å². The van der Waals surface area contributed by atoms with Crippen LogP contribution >= 0.6 is 0 Å². The second-order valence-electron chi connectivity index (χ2n) is 5.56. The van der Waals surface area contributed by atoms with Crippen LogP contribution in [0.25, 0.3) is 0 Å². The molecule has 0 aliphatic rings. The van der Waals surface area contributed by atoms with Gasteiger partial charge in [-0.05, 0) is 36.2 Å². The summed E-state index contributed by atoms with van der Waals surface area (Å²) >= 11 is 0. The zero-order valence-electron chi connectivity index (χ0n) is 15.0. The van der Waals surface area contributed by atoms with E-state index in [1.807, 2.05) is 49.4 Å². The number of nitrogens with two attached hydrogens (primary N) is 1. The van der Waals surface area contributed by atoms with Gasteiger partial charge in [0.2, 0.25) is 5.95 Å². The predicted molar refractivity (Wildman–Crippen MR) is 101 cm³/mol. The first-order valence-corrected chi connectivity index (χ1v) is 8.57. The van der Waals surface area contributed by atoms with Crippen LogP contribution in [-0.4, -0.2) is 21.6 Å². The molecular formula is C19H21N5O3. The van der Waals surface area contributed by atoms with Crippen molar-refractivity contribution in [3.63, 3.8) is 0 Å². The minimum absolute atomic E-state index is 0.0852. The minimum Gasteiger partial charge on any atom is -0.489 e. The highest BCUT2D eigenvalue weighted by atomic mass is 16.5. The van der Waals surface area contributed by atoms with Crippen molar-refractivity contribution in [3.05, 3.63) is 60.2 Å². The van der Waals surface area contributed by atoms with Gasteiger partial charge >= 0.3 is 12.0 Å². The summed E-state index contributed by atoms with van der Waals surface area (Å²) in [5.74, 6) is 6.83. The van der Waals surface area contributed by atoms with E-state index in [1.165, 1.54) is 0 Å². The fraction of sp³-hybridized carbons (Fsp3) is 0.211. The third-order valence-electron chi connectivity index (χ3n) is 3.44. The molecule has 0 atom stereocenters. The van der Waals surface area contributed by atoms with Crippen molar-refractivity contribution >= 4 is 5.95 Å². The Morgan fingerprint density at radius 3 is 2.26 bits per heavy atom. The number of aromatic nitrogens is 3. The summed E-state index contributed by atoms with van der Waals surface area (Å²) in [6.07, 6.45) is 0.831. The van der Waals surface area contributed by atoms with E-state index in [4.69, 9.17) is 20.1 Å². The predicted octanol–water partition coefficient (Wildman–Crippen LogP) is 3.32. The maximum absolute atomic E-state index is 5.75. The van der Waals surface area contributed by atoms with E-state index in [9.17, 15) is 0 Å². The Morgan fingerprint density at radius 1 is 0.852 bits per heavy atom. The third kappa shape index (κ3) is 5.55. The summed E-state index contributed by atoms with van der Waals surface area (Å²) in [6.45, 7) is 2.97. The molecule has 1 heterocycles. The number of nitrogens with one attached hydrogen (secondary N) is 1. The van der Waals surface area contributed by atoms with Crippen LogP contribution in [0.3, 0.4) is 0 Å². The van der Waals surface area contributed by atoms with Gasteiger partial charge in [-0.15, -0.1) is 4.98 Å². The highest BCUT2D eigenvalue weighted by Gasteiger charge is 2.09. The Labute approximate surface area is 157 Å². The van der Waals surface area contributed by atoms with Gasteiger partial charge in [-0.1, -0.05) is 37.3 Å². The van der Waals surface area contributed by atoms with Gasteiger partial charge in [-0.25, -0.2) is 5.84 Å². The summed E-state index contributed by atoms with van der Waals surface area (Å²) in [5, 5.41) is 0. The van der Waals surface area contributed by atoms with E-state index in [0.717, 1.165) is 17.7 Å². The fourth-order valence-corrected chi connectivity index (χ4v) is 2.16. The van der Waals surface area contributed by atoms with Crippen LogP contribution < -0.4 is 25.5 Å². The smallest absolute Gasteiger partial charge is 0.330 e. The number of hydrazine groups is 1. The number of hydrogen-bond acceptors (Lipinski definition) is 8. The quantitative estimate of drug-likeness (QED) is 0.438. The van der Waals surface area contributed by atoms with Crippen molar-refractivity contribution in [1.29, 1.82) is 0 Å². The summed E-state index contributed by atoms with van der Waals surface area (Å²) < 4.78 is 16.8. The summed E-state index contributed by atoms with van der Waals surface area (Å²) in [4.78, 5) is 12.2. The van der Waals surface area contributed by atoms with E-state index in [0.29, 0.717) is 19.0 Å². The Morgan fingerprint density at radius 2 is 1.56 bits per heavy atom. The molecule has 27 heavy (non-hydrogen) atoms. The lowest BCUT2D eigenvalue weighted by Crippen LogP contribution is -2.13. The molecule has 0 aliphatic heterocycles. The van der Waals surface area contributed by atoms with Crippen LogP contribution in [0.5, 0.6) is 23.5 Å². The molecule has 8 heteroatoms. The Hall–Kier alpha value is -3.39. The molecule has 0 saturated carbocycles. The van der Waals surface area contributed by atoms with Crippen LogP contribution in [0.4, 0.5) is 5.95 Å². The lowest BCUT2D eigenvalue weighted by molar-refractivity contribution is 0.285. The zero-order chi connectivity index (χ0) is 18.9. The molecule has 8 nitrogen and oxygen atoms in total. The van der Waals surface area contributed by atoms with Crippen LogP contribution in [0, 0.1) is 0 Å². The summed E-state index contributed by atoms with van der Waals surface area (Å²) in [5.41, 5.74) is 3.47. The van der Waals surface area contributed by atoms with E-state index in [2.05, 4.69) is 20.4 Å². The van der Waals surface area contributed by atoms with Crippen molar-refractivity contribution in [2.45, 2.75) is 20.0 Å². The molecule has 0 spiro atoms. The monoisotopic (exact) mass is 367 g/mol. The molecule has 2 aromatic carbocycles. The first kappa shape index (κ1) is 18.4. The fourth-order valence-electron chi connectivity index (χ4n) is 2.16. The van der Waals surface area contributed by atoms with E-state index < -0.39 is 0 Å². The minimum atomic E-state index is 0.0852. The van der Waals surface area contributed by atoms with Gasteiger partial charge in [-0.2, -0.15) is 9.97 Å². The Balaban J connectivity index is 1.63. The number of anilines is 1. The molecule has 0 bridgehead atoms. The molecule has 0 radical (unpaired) electrons. The van der Waals surface area contributed by atoms with Gasteiger partial charge in [0.1, 0.15) is 18.1 Å². The molecule has 0 unspecified atom stereocenters. The number of rotatable bonds is 9. The SMILES string of the molecule is CCCOc1nc(NN)nc(Oc2ccc(OCc3ccccc3)cc2)n1. The summed E-state index contributed by atoms with van der Waals surface area (Å²) in [7, 11) is 0. The lowest BCUT2D eigenvalue weighted by atomic mass is 10.2. The molecule has 3 aromatic rings. The van der Waals surface area contributed by atoms with Crippen molar-refractivity contribution < 1.29 is 14.2 Å². The van der Waals surface area contributed by atoms with Gasteiger partial charge in [0.05, 0.1) is 6.61 Å². The van der Waals surface area contributed by atoms with Crippen LogP contribution in [0.2, 0.25) is 0 Å².